The van der Waals surface area contributed by atoms with Gasteiger partial charge in [0.15, 0.2) is 5.17 Å². The lowest BCUT2D eigenvalue weighted by molar-refractivity contribution is -0.130. The molecule has 0 bridgehead atoms. The Bertz CT molecular complexity index is 747. The van der Waals surface area contributed by atoms with Crippen molar-refractivity contribution in [2.75, 3.05) is 11.9 Å². The van der Waals surface area contributed by atoms with Gasteiger partial charge in [0.05, 0.1) is 0 Å². The number of aliphatic imine (C=N–C) groups is 1. The van der Waals surface area contributed by atoms with Crippen LogP contribution in [0.25, 0.3) is 0 Å². The molecule has 0 spiro atoms. The lowest BCUT2D eigenvalue weighted by atomic mass is 9.94. The largest absolute Gasteiger partial charge is 0.326 e. The van der Waals surface area contributed by atoms with Crippen LogP contribution in [0.5, 0.6) is 0 Å². The number of amides is 2. The number of hydrogen-bond donors (Lipinski definition) is 1. The normalized spacial score (nSPS) is 22.5. The van der Waals surface area contributed by atoms with Crippen molar-refractivity contribution < 1.29 is 9.59 Å². The molecule has 27 heavy (non-hydrogen) atoms. The molecule has 1 saturated carbocycles. The second-order valence-corrected chi connectivity index (χ2v) is 8.61. The summed E-state index contributed by atoms with van der Waals surface area (Å²) in [6.45, 7) is 4.47. The first-order valence-electron chi connectivity index (χ1n) is 9.60. The molecule has 1 atom stereocenters. The van der Waals surface area contributed by atoms with Crippen LogP contribution < -0.4 is 5.32 Å². The number of carbonyl (C=O) groups excluding carboxylic acids is 2. The zero-order chi connectivity index (χ0) is 19.4. The highest BCUT2D eigenvalue weighted by Gasteiger charge is 2.42. The molecular weight excluding hydrogens is 382 g/mol. The van der Waals surface area contributed by atoms with Crippen LogP contribution >= 0.6 is 23.4 Å². The quantitative estimate of drug-likeness (QED) is 0.773. The van der Waals surface area contributed by atoms with Gasteiger partial charge >= 0.3 is 0 Å². The van der Waals surface area contributed by atoms with Crippen LogP contribution in [0.15, 0.2) is 23.2 Å². The number of nitrogens with zero attached hydrogens (tertiary/aromatic N) is 2. The van der Waals surface area contributed by atoms with Crippen molar-refractivity contribution in [2.24, 2.45) is 4.99 Å². The smallest absolute Gasteiger partial charge is 0.242 e. The summed E-state index contributed by atoms with van der Waals surface area (Å²) in [5.41, 5.74) is 1.52. The van der Waals surface area contributed by atoms with E-state index in [9.17, 15) is 9.59 Å². The molecule has 2 fully saturated rings. The second kappa shape index (κ2) is 9.11. The number of nitrogens with one attached hydrogen (secondary N) is 1. The van der Waals surface area contributed by atoms with Crippen LogP contribution in [0.1, 0.15) is 51.0 Å². The van der Waals surface area contributed by atoms with E-state index in [1.165, 1.54) is 18.2 Å². The Labute approximate surface area is 169 Å². The molecule has 0 aromatic heterocycles. The highest BCUT2D eigenvalue weighted by atomic mass is 35.5. The number of rotatable bonds is 5. The van der Waals surface area contributed by atoms with Gasteiger partial charge in [0, 0.05) is 29.7 Å². The Morgan fingerprint density at radius 1 is 1.33 bits per heavy atom. The lowest BCUT2D eigenvalue weighted by Gasteiger charge is -2.30. The number of hydrogen-bond acceptors (Lipinski definition) is 4. The van der Waals surface area contributed by atoms with Gasteiger partial charge in [-0.05, 0) is 44.4 Å². The van der Waals surface area contributed by atoms with Gasteiger partial charge in [0.1, 0.15) is 5.25 Å². The lowest BCUT2D eigenvalue weighted by Crippen LogP contribution is -2.42. The Morgan fingerprint density at radius 2 is 2.07 bits per heavy atom. The molecule has 1 aromatic rings. The van der Waals surface area contributed by atoms with Gasteiger partial charge in [-0.25, -0.2) is 0 Å². The molecular formula is C20H26ClN3O2S. The van der Waals surface area contributed by atoms with Crippen LogP contribution in [0, 0.1) is 6.92 Å². The monoisotopic (exact) mass is 407 g/mol. The van der Waals surface area contributed by atoms with E-state index in [4.69, 9.17) is 11.6 Å². The molecule has 5 nitrogen and oxygen atoms in total. The van der Waals surface area contributed by atoms with Crippen molar-refractivity contribution in [3.63, 3.8) is 0 Å². The zero-order valence-corrected chi connectivity index (χ0v) is 17.4. The van der Waals surface area contributed by atoms with E-state index in [1.807, 2.05) is 24.8 Å². The van der Waals surface area contributed by atoms with E-state index in [-0.39, 0.29) is 24.3 Å². The number of anilines is 1. The maximum atomic E-state index is 13.0. The molecule has 0 radical (unpaired) electrons. The molecule has 1 aliphatic carbocycles. The third-order valence-corrected chi connectivity index (χ3v) is 6.71. The second-order valence-electron chi connectivity index (χ2n) is 7.03. The van der Waals surface area contributed by atoms with Gasteiger partial charge in [-0.15, -0.1) is 0 Å². The van der Waals surface area contributed by atoms with Gasteiger partial charge in [-0.2, -0.15) is 0 Å². The van der Waals surface area contributed by atoms with Crippen molar-refractivity contribution in [3.8, 4) is 0 Å². The summed E-state index contributed by atoms with van der Waals surface area (Å²) >= 11 is 7.55. The minimum atomic E-state index is -0.406. The average Bonchev–Trinajstić information content (AvgIpc) is 2.95. The maximum Gasteiger partial charge on any atom is 0.242 e. The van der Waals surface area contributed by atoms with Crippen molar-refractivity contribution in [1.82, 2.24) is 4.90 Å². The zero-order valence-electron chi connectivity index (χ0n) is 15.8. The Balaban J connectivity index is 1.69. The minimum Gasteiger partial charge on any atom is -0.326 e. The highest BCUT2D eigenvalue weighted by Crippen LogP contribution is 2.35. The summed E-state index contributed by atoms with van der Waals surface area (Å²) in [4.78, 5) is 32.0. The molecule has 1 saturated heterocycles. The SMILES string of the molecule is CCN=C1S[C@H](CC(=O)Nc2cccc(Cl)c2C)C(=O)N1C1CCCCC1. The summed E-state index contributed by atoms with van der Waals surface area (Å²) < 4.78 is 0. The Kier molecular flexibility index (Phi) is 6.82. The molecule has 1 N–H and O–H groups in total. The van der Waals surface area contributed by atoms with E-state index in [1.54, 1.807) is 12.1 Å². The van der Waals surface area contributed by atoms with Crippen molar-refractivity contribution in [3.05, 3.63) is 28.8 Å². The van der Waals surface area contributed by atoms with Gasteiger partial charge in [0.25, 0.3) is 0 Å². The van der Waals surface area contributed by atoms with Gasteiger partial charge < -0.3 is 5.32 Å². The van der Waals surface area contributed by atoms with Crippen molar-refractivity contribution >= 4 is 46.0 Å². The maximum absolute atomic E-state index is 13.0. The molecule has 2 amide bonds. The van der Waals surface area contributed by atoms with E-state index in [0.29, 0.717) is 17.3 Å². The molecule has 7 heteroatoms. The number of benzene rings is 1. The molecule has 3 rings (SSSR count). The fourth-order valence-electron chi connectivity index (χ4n) is 3.65. The molecule has 0 unspecified atom stereocenters. The first-order chi connectivity index (χ1) is 13.0. The number of thioether (sulfide) groups is 1. The molecule has 146 valence electrons. The van der Waals surface area contributed by atoms with Crippen molar-refractivity contribution in [2.45, 2.75) is 63.7 Å². The van der Waals surface area contributed by atoms with E-state index in [0.717, 1.165) is 36.4 Å². The first kappa shape index (κ1) is 20.2. The van der Waals surface area contributed by atoms with Crippen LogP contribution in [0.2, 0.25) is 5.02 Å². The van der Waals surface area contributed by atoms with Crippen LogP contribution in [-0.2, 0) is 9.59 Å². The van der Waals surface area contributed by atoms with Crippen LogP contribution in [0.3, 0.4) is 0 Å². The summed E-state index contributed by atoms with van der Waals surface area (Å²) in [5.74, 6) is -0.148. The van der Waals surface area contributed by atoms with Gasteiger partial charge in [0.2, 0.25) is 11.8 Å². The standard InChI is InChI=1S/C20H26ClN3O2S/c1-3-22-20-24(14-8-5-4-6-9-14)19(26)17(27-20)12-18(25)23-16-11-7-10-15(21)13(16)2/h7,10-11,14,17H,3-6,8-9,12H2,1-2H3,(H,23,25)/t17-/m1/s1. The summed E-state index contributed by atoms with van der Waals surface area (Å²) in [6.07, 6.45) is 5.72. The van der Waals surface area contributed by atoms with Gasteiger partial charge in [-0.3, -0.25) is 19.5 Å². The summed E-state index contributed by atoms with van der Waals surface area (Å²) in [5, 5.41) is 3.88. The topological polar surface area (TPSA) is 61.8 Å². The fourth-order valence-corrected chi connectivity index (χ4v) is 5.08. The predicted octanol–water partition coefficient (Wildman–Crippen LogP) is 4.63. The van der Waals surface area contributed by atoms with Crippen LogP contribution in [-0.4, -0.2) is 39.7 Å². The summed E-state index contributed by atoms with van der Waals surface area (Å²) in [6, 6.07) is 5.64. The van der Waals surface area contributed by atoms with Gasteiger partial charge in [-0.1, -0.05) is 48.7 Å². The predicted molar refractivity (Wildman–Crippen MR) is 113 cm³/mol. The van der Waals surface area contributed by atoms with E-state index >= 15 is 0 Å². The number of halogens is 1. The molecule has 1 heterocycles. The Morgan fingerprint density at radius 3 is 2.78 bits per heavy atom. The van der Waals surface area contributed by atoms with E-state index < -0.39 is 5.25 Å². The van der Waals surface area contributed by atoms with Crippen molar-refractivity contribution in [1.29, 1.82) is 0 Å². The molecule has 2 aliphatic rings. The number of amidine groups is 1. The van der Waals surface area contributed by atoms with E-state index in [2.05, 4.69) is 10.3 Å². The highest BCUT2D eigenvalue weighted by molar-refractivity contribution is 8.15. The minimum absolute atomic E-state index is 0.0251. The fraction of sp³-hybridized carbons (Fsp3) is 0.550. The first-order valence-corrected chi connectivity index (χ1v) is 10.9. The van der Waals surface area contributed by atoms with Crippen LogP contribution in [0.4, 0.5) is 5.69 Å². The molecule has 1 aromatic carbocycles. The third-order valence-electron chi connectivity index (χ3n) is 5.11. The Hall–Kier alpha value is -1.53. The molecule has 1 aliphatic heterocycles. The third kappa shape index (κ3) is 4.66. The average molecular weight is 408 g/mol. The number of carbonyl (C=O) groups is 2. The summed E-state index contributed by atoms with van der Waals surface area (Å²) in [7, 11) is 0.